The maximum absolute atomic E-state index is 13.5. The van der Waals surface area contributed by atoms with E-state index in [0.29, 0.717) is 28.4 Å². The molecule has 5 heteroatoms. The van der Waals surface area contributed by atoms with Crippen molar-refractivity contribution in [3.63, 3.8) is 0 Å². The lowest BCUT2D eigenvalue weighted by atomic mass is 10.2. The fourth-order valence-electron chi connectivity index (χ4n) is 1.69. The molecular weight excluding hydrogens is 243 g/mol. The SMILES string of the molecule is Cc1nn(-c2cccc(F)c2C=O)c(C)c1Cl. The third-order valence-electron chi connectivity index (χ3n) is 2.58. The summed E-state index contributed by atoms with van der Waals surface area (Å²) >= 11 is 6.02. The molecule has 3 nitrogen and oxygen atoms in total. The first-order chi connectivity index (χ1) is 8.06. The second-order valence-electron chi connectivity index (χ2n) is 3.69. The molecule has 0 saturated heterocycles. The summed E-state index contributed by atoms with van der Waals surface area (Å²) in [7, 11) is 0. The van der Waals surface area contributed by atoms with Crippen LogP contribution in [-0.2, 0) is 0 Å². The second-order valence-corrected chi connectivity index (χ2v) is 4.07. The van der Waals surface area contributed by atoms with Gasteiger partial charge in [-0.2, -0.15) is 5.10 Å². The zero-order valence-corrected chi connectivity index (χ0v) is 10.1. The molecule has 1 aromatic carbocycles. The Bertz CT molecular complexity index is 592. The summed E-state index contributed by atoms with van der Waals surface area (Å²) < 4.78 is 14.9. The molecule has 0 radical (unpaired) electrons. The number of aryl methyl sites for hydroxylation is 1. The van der Waals surface area contributed by atoms with E-state index in [9.17, 15) is 9.18 Å². The van der Waals surface area contributed by atoms with Gasteiger partial charge in [0.1, 0.15) is 5.82 Å². The lowest BCUT2D eigenvalue weighted by Gasteiger charge is -2.07. The molecule has 0 saturated carbocycles. The maximum atomic E-state index is 13.5. The fourth-order valence-corrected chi connectivity index (χ4v) is 1.80. The molecule has 0 unspecified atom stereocenters. The zero-order valence-electron chi connectivity index (χ0n) is 9.37. The van der Waals surface area contributed by atoms with Crippen LogP contribution in [0.15, 0.2) is 18.2 Å². The molecule has 1 heterocycles. The van der Waals surface area contributed by atoms with Crippen molar-refractivity contribution in [3.8, 4) is 5.69 Å². The van der Waals surface area contributed by atoms with Crippen LogP contribution >= 0.6 is 11.6 Å². The molecule has 0 aliphatic rings. The molecule has 2 rings (SSSR count). The predicted molar refractivity (Wildman–Crippen MR) is 63.4 cm³/mol. The molecule has 1 aromatic heterocycles. The standard InChI is InChI=1S/C12H10ClFN2O/c1-7-12(13)8(2)16(15-7)11-5-3-4-10(14)9(11)6-17/h3-6H,1-2H3. The van der Waals surface area contributed by atoms with Crippen LogP contribution in [0.4, 0.5) is 4.39 Å². The Morgan fingerprint density at radius 3 is 2.65 bits per heavy atom. The van der Waals surface area contributed by atoms with Gasteiger partial charge in [0.15, 0.2) is 6.29 Å². The number of benzene rings is 1. The molecule has 0 N–H and O–H groups in total. The van der Waals surface area contributed by atoms with Gasteiger partial charge in [0.05, 0.1) is 27.7 Å². The predicted octanol–water partition coefficient (Wildman–Crippen LogP) is 3.09. The Morgan fingerprint density at radius 1 is 1.41 bits per heavy atom. The van der Waals surface area contributed by atoms with Gasteiger partial charge in [0, 0.05) is 0 Å². The lowest BCUT2D eigenvalue weighted by molar-refractivity contribution is 0.111. The Kier molecular flexibility index (Phi) is 2.98. The molecule has 0 atom stereocenters. The topological polar surface area (TPSA) is 34.9 Å². The zero-order chi connectivity index (χ0) is 12.6. The van der Waals surface area contributed by atoms with Crippen molar-refractivity contribution in [2.45, 2.75) is 13.8 Å². The summed E-state index contributed by atoms with van der Waals surface area (Å²) in [5.41, 5.74) is 1.70. The van der Waals surface area contributed by atoms with Gasteiger partial charge in [-0.25, -0.2) is 9.07 Å². The highest BCUT2D eigenvalue weighted by Gasteiger charge is 2.15. The van der Waals surface area contributed by atoms with Crippen molar-refractivity contribution >= 4 is 17.9 Å². The van der Waals surface area contributed by atoms with Crippen LogP contribution in [0.25, 0.3) is 5.69 Å². The minimum atomic E-state index is -0.568. The van der Waals surface area contributed by atoms with Crippen LogP contribution in [0.5, 0.6) is 0 Å². The van der Waals surface area contributed by atoms with Crippen molar-refractivity contribution < 1.29 is 9.18 Å². The Balaban J connectivity index is 2.72. The van der Waals surface area contributed by atoms with Crippen molar-refractivity contribution in [3.05, 3.63) is 46.0 Å². The lowest BCUT2D eigenvalue weighted by Crippen LogP contribution is -2.04. The van der Waals surface area contributed by atoms with Gasteiger partial charge in [0.2, 0.25) is 0 Å². The van der Waals surface area contributed by atoms with Crippen molar-refractivity contribution in [1.82, 2.24) is 9.78 Å². The van der Waals surface area contributed by atoms with Gasteiger partial charge in [0.25, 0.3) is 0 Å². The largest absolute Gasteiger partial charge is 0.298 e. The number of halogens is 2. The molecule has 0 aliphatic heterocycles. The summed E-state index contributed by atoms with van der Waals surface area (Å²) in [5.74, 6) is -0.568. The summed E-state index contributed by atoms with van der Waals surface area (Å²) in [6.07, 6.45) is 0.481. The van der Waals surface area contributed by atoms with E-state index in [1.54, 1.807) is 19.9 Å². The highest BCUT2D eigenvalue weighted by atomic mass is 35.5. The van der Waals surface area contributed by atoms with E-state index in [2.05, 4.69) is 5.10 Å². The third-order valence-corrected chi connectivity index (χ3v) is 3.13. The molecule has 0 fully saturated rings. The summed E-state index contributed by atoms with van der Waals surface area (Å²) in [5, 5.41) is 4.71. The number of hydrogen-bond acceptors (Lipinski definition) is 2. The molecular formula is C12H10ClFN2O. The van der Waals surface area contributed by atoms with Crippen molar-refractivity contribution in [2.24, 2.45) is 0 Å². The molecule has 0 spiro atoms. The van der Waals surface area contributed by atoms with Gasteiger partial charge in [-0.1, -0.05) is 17.7 Å². The highest BCUT2D eigenvalue weighted by Crippen LogP contribution is 2.24. The minimum Gasteiger partial charge on any atom is -0.298 e. The number of carbonyl (C=O) groups excluding carboxylic acids is 1. The van der Waals surface area contributed by atoms with E-state index in [4.69, 9.17) is 11.6 Å². The van der Waals surface area contributed by atoms with Gasteiger partial charge < -0.3 is 0 Å². The molecule has 2 aromatic rings. The van der Waals surface area contributed by atoms with E-state index >= 15 is 0 Å². The van der Waals surface area contributed by atoms with E-state index < -0.39 is 5.82 Å². The summed E-state index contributed by atoms with van der Waals surface area (Å²) in [4.78, 5) is 10.9. The molecule has 0 aliphatic carbocycles. The number of rotatable bonds is 2. The van der Waals surface area contributed by atoms with E-state index in [1.165, 1.54) is 16.8 Å². The second kappa shape index (κ2) is 4.30. The molecule has 0 bridgehead atoms. The fraction of sp³-hybridized carbons (Fsp3) is 0.167. The van der Waals surface area contributed by atoms with Crippen molar-refractivity contribution in [1.29, 1.82) is 0 Å². The number of carbonyl (C=O) groups is 1. The third kappa shape index (κ3) is 1.85. The average molecular weight is 253 g/mol. The maximum Gasteiger partial charge on any atom is 0.155 e. The quantitative estimate of drug-likeness (QED) is 0.770. The highest BCUT2D eigenvalue weighted by molar-refractivity contribution is 6.31. The van der Waals surface area contributed by atoms with E-state index in [0.717, 1.165) is 0 Å². The summed E-state index contributed by atoms with van der Waals surface area (Å²) in [6, 6.07) is 4.39. The van der Waals surface area contributed by atoms with Crippen LogP contribution < -0.4 is 0 Å². The number of aldehydes is 1. The molecule has 0 amide bonds. The first-order valence-corrected chi connectivity index (χ1v) is 5.40. The Hall–Kier alpha value is -1.68. The van der Waals surface area contributed by atoms with Crippen molar-refractivity contribution in [2.75, 3.05) is 0 Å². The van der Waals surface area contributed by atoms with Gasteiger partial charge >= 0.3 is 0 Å². The van der Waals surface area contributed by atoms with Gasteiger partial charge in [-0.3, -0.25) is 4.79 Å². The normalized spacial score (nSPS) is 10.6. The van der Waals surface area contributed by atoms with Crippen LogP contribution in [0.1, 0.15) is 21.7 Å². The Labute approximate surface area is 103 Å². The van der Waals surface area contributed by atoms with Crippen LogP contribution in [0.3, 0.4) is 0 Å². The van der Waals surface area contributed by atoms with Crippen LogP contribution in [0.2, 0.25) is 5.02 Å². The van der Waals surface area contributed by atoms with E-state index in [1.807, 2.05) is 0 Å². The van der Waals surface area contributed by atoms with Gasteiger partial charge in [-0.05, 0) is 26.0 Å². The number of aromatic nitrogens is 2. The number of nitrogens with zero attached hydrogens (tertiary/aromatic N) is 2. The smallest absolute Gasteiger partial charge is 0.155 e. The number of hydrogen-bond donors (Lipinski definition) is 0. The molecule has 88 valence electrons. The van der Waals surface area contributed by atoms with Crippen LogP contribution in [-0.4, -0.2) is 16.1 Å². The first kappa shape index (κ1) is 11.8. The summed E-state index contributed by atoms with van der Waals surface area (Å²) in [6.45, 7) is 3.52. The van der Waals surface area contributed by atoms with E-state index in [-0.39, 0.29) is 5.56 Å². The molecule has 17 heavy (non-hydrogen) atoms. The van der Waals surface area contributed by atoms with Gasteiger partial charge in [-0.15, -0.1) is 0 Å². The monoisotopic (exact) mass is 252 g/mol. The van der Waals surface area contributed by atoms with Crippen LogP contribution in [0, 0.1) is 19.7 Å². The minimum absolute atomic E-state index is 0.0187. The average Bonchev–Trinajstić information content (AvgIpc) is 2.56. The first-order valence-electron chi connectivity index (χ1n) is 5.02. The Morgan fingerprint density at radius 2 is 2.12 bits per heavy atom.